The summed E-state index contributed by atoms with van der Waals surface area (Å²) in [7, 11) is 4.07. The number of nitrogens with zero attached hydrogens (tertiary/aromatic N) is 2. The van der Waals surface area contributed by atoms with Crippen LogP contribution in [0.25, 0.3) is 0 Å². The van der Waals surface area contributed by atoms with Crippen LogP contribution in [0.4, 0.5) is 21.9 Å². The average molecular weight is 435 g/mol. The molecule has 0 bridgehead atoms. The molecular formula is C25H27ClN4O. The summed E-state index contributed by atoms with van der Waals surface area (Å²) in [5, 5.41) is 6.57. The van der Waals surface area contributed by atoms with E-state index in [9.17, 15) is 4.79 Å². The lowest BCUT2D eigenvalue weighted by Gasteiger charge is -2.31. The first-order valence-electron chi connectivity index (χ1n) is 10.4. The van der Waals surface area contributed by atoms with Gasteiger partial charge in [0, 0.05) is 49.3 Å². The van der Waals surface area contributed by atoms with Crippen LogP contribution in [-0.2, 0) is 6.42 Å². The molecule has 0 saturated carbocycles. The summed E-state index contributed by atoms with van der Waals surface area (Å²) in [5.74, 6) is 0. The molecule has 1 heterocycles. The van der Waals surface area contributed by atoms with Crippen molar-refractivity contribution in [1.29, 1.82) is 0 Å². The number of nitrogens with one attached hydrogen (secondary N) is 2. The number of rotatable bonds is 6. The van der Waals surface area contributed by atoms with Crippen LogP contribution in [0.2, 0.25) is 5.02 Å². The van der Waals surface area contributed by atoms with Crippen molar-refractivity contribution in [2.24, 2.45) is 0 Å². The number of amides is 2. The fraction of sp³-hybridized carbons (Fsp3) is 0.240. The molecule has 4 rings (SSSR count). The molecule has 0 aromatic heterocycles. The first kappa shape index (κ1) is 21.1. The lowest BCUT2D eigenvalue weighted by atomic mass is 10.0. The molecule has 0 saturated heterocycles. The summed E-state index contributed by atoms with van der Waals surface area (Å²) in [6, 6.07) is 24.0. The van der Waals surface area contributed by atoms with E-state index in [0.29, 0.717) is 17.3 Å². The molecule has 31 heavy (non-hydrogen) atoms. The van der Waals surface area contributed by atoms with Crippen molar-refractivity contribution in [3.05, 3.63) is 88.9 Å². The van der Waals surface area contributed by atoms with Crippen LogP contribution in [0.15, 0.2) is 72.8 Å². The van der Waals surface area contributed by atoms with Crippen molar-refractivity contribution in [2.45, 2.75) is 12.5 Å². The van der Waals surface area contributed by atoms with Gasteiger partial charge in [-0.05, 0) is 60.0 Å². The van der Waals surface area contributed by atoms with E-state index in [1.807, 2.05) is 14.1 Å². The Morgan fingerprint density at radius 2 is 1.74 bits per heavy atom. The summed E-state index contributed by atoms with van der Waals surface area (Å²) in [5.41, 5.74) is 5.62. The third-order valence-corrected chi connectivity index (χ3v) is 5.90. The van der Waals surface area contributed by atoms with Crippen LogP contribution < -0.4 is 20.4 Å². The van der Waals surface area contributed by atoms with E-state index >= 15 is 0 Å². The van der Waals surface area contributed by atoms with Crippen molar-refractivity contribution < 1.29 is 4.79 Å². The number of carbonyl (C=O) groups is 1. The molecule has 1 aliphatic heterocycles. The standard InChI is InChI=1S/C25H27ClN4O/c1-29(2)22-13-7-19(8-14-22)24(30-16-15-18-5-3-4-6-23(18)30)17-27-25(31)28-21-11-9-20(26)10-12-21/h3-14,24H,15-17H2,1-2H3,(H2,27,28,31). The predicted molar refractivity (Wildman–Crippen MR) is 129 cm³/mol. The number of hydrogen-bond acceptors (Lipinski definition) is 3. The fourth-order valence-electron chi connectivity index (χ4n) is 3.99. The van der Waals surface area contributed by atoms with Crippen LogP contribution in [0.3, 0.4) is 0 Å². The Bertz CT molecular complexity index is 1030. The van der Waals surface area contributed by atoms with Crippen LogP contribution in [0, 0.1) is 0 Å². The van der Waals surface area contributed by atoms with E-state index in [1.54, 1.807) is 24.3 Å². The highest BCUT2D eigenvalue weighted by Gasteiger charge is 2.27. The van der Waals surface area contributed by atoms with E-state index in [1.165, 1.54) is 16.8 Å². The van der Waals surface area contributed by atoms with Gasteiger partial charge in [-0.15, -0.1) is 0 Å². The predicted octanol–water partition coefficient (Wildman–Crippen LogP) is 5.33. The summed E-state index contributed by atoms with van der Waals surface area (Å²) < 4.78 is 0. The number of para-hydroxylation sites is 1. The van der Waals surface area contributed by atoms with E-state index in [0.717, 1.165) is 18.7 Å². The van der Waals surface area contributed by atoms with Crippen LogP contribution >= 0.6 is 11.6 Å². The zero-order valence-electron chi connectivity index (χ0n) is 17.8. The normalized spacial score (nSPS) is 13.5. The molecule has 6 heteroatoms. The molecule has 1 unspecified atom stereocenters. The Labute approximate surface area is 188 Å². The topological polar surface area (TPSA) is 47.6 Å². The Kier molecular flexibility index (Phi) is 6.33. The highest BCUT2D eigenvalue weighted by Crippen LogP contribution is 2.35. The van der Waals surface area contributed by atoms with Crippen LogP contribution in [0.5, 0.6) is 0 Å². The maximum absolute atomic E-state index is 12.6. The lowest BCUT2D eigenvalue weighted by molar-refractivity contribution is 0.251. The van der Waals surface area contributed by atoms with Gasteiger partial charge in [0.1, 0.15) is 0 Å². The van der Waals surface area contributed by atoms with Gasteiger partial charge in [-0.1, -0.05) is 41.9 Å². The molecule has 1 atom stereocenters. The SMILES string of the molecule is CN(C)c1ccc(C(CNC(=O)Nc2ccc(Cl)cc2)N2CCc3ccccc32)cc1. The summed E-state index contributed by atoms with van der Waals surface area (Å²) in [4.78, 5) is 17.0. The minimum Gasteiger partial charge on any atom is -0.378 e. The number of fused-ring (bicyclic) bond motifs is 1. The maximum atomic E-state index is 12.6. The van der Waals surface area contributed by atoms with Gasteiger partial charge in [-0.25, -0.2) is 4.79 Å². The second-order valence-electron chi connectivity index (χ2n) is 7.92. The molecule has 160 valence electrons. The molecule has 2 N–H and O–H groups in total. The van der Waals surface area contributed by atoms with Crippen LogP contribution in [0.1, 0.15) is 17.2 Å². The summed E-state index contributed by atoms with van der Waals surface area (Å²) in [6.07, 6.45) is 1.01. The molecule has 3 aromatic rings. The Morgan fingerprint density at radius 3 is 2.45 bits per heavy atom. The molecule has 0 spiro atoms. The fourth-order valence-corrected chi connectivity index (χ4v) is 4.11. The lowest BCUT2D eigenvalue weighted by Crippen LogP contribution is -2.39. The number of benzene rings is 3. The molecule has 0 aliphatic carbocycles. The number of halogens is 1. The molecular weight excluding hydrogens is 408 g/mol. The first-order chi connectivity index (χ1) is 15.0. The number of anilines is 3. The zero-order valence-corrected chi connectivity index (χ0v) is 18.6. The minimum absolute atomic E-state index is 0.0378. The number of urea groups is 1. The number of carbonyl (C=O) groups excluding carboxylic acids is 1. The van der Waals surface area contributed by atoms with Crippen molar-refractivity contribution >= 4 is 34.7 Å². The van der Waals surface area contributed by atoms with Crippen molar-refractivity contribution in [2.75, 3.05) is 42.3 Å². The van der Waals surface area contributed by atoms with E-state index in [4.69, 9.17) is 11.6 Å². The largest absolute Gasteiger partial charge is 0.378 e. The minimum atomic E-state index is -0.232. The summed E-state index contributed by atoms with van der Waals surface area (Å²) >= 11 is 5.93. The quantitative estimate of drug-likeness (QED) is 0.551. The zero-order chi connectivity index (χ0) is 21.8. The van der Waals surface area contributed by atoms with Gasteiger partial charge in [0.15, 0.2) is 0 Å². The smallest absolute Gasteiger partial charge is 0.319 e. The Morgan fingerprint density at radius 1 is 1.03 bits per heavy atom. The van der Waals surface area contributed by atoms with E-state index < -0.39 is 0 Å². The maximum Gasteiger partial charge on any atom is 0.319 e. The second-order valence-corrected chi connectivity index (χ2v) is 8.35. The van der Waals surface area contributed by atoms with Gasteiger partial charge in [0.2, 0.25) is 0 Å². The third-order valence-electron chi connectivity index (χ3n) is 5.65. The van der Waals surface area contributed by atoms with Crippen molar-refractivity contribution in [3.8, 4) is 0 Å². The molecule has 5 nitrogen and oxygen atoms in total. The van der Waals surface area contributed by atoms with Crippen molar-refractivity contribution in [3.63, 3.8) is 0 Å². The Balaban J connectivity index is 1.52. The number of hydrogen-bond donors (Lipinski definition) is 2. The van der Waals surface area contributed by atoms with E-state index in [-0.39, 0.29) is 12.1 Å². The Hall–Kier alpha value is -3.18. The monoisotopic (exact) mass is 434 g/mol. The van der Waals surface area contributed by atoms with Gasteiger partial charge in [-0.2, -0.15) is 0 Å². The molecule has 1 aliphatic rings. The van der Waals surface area contributed by atoms with E-state index in [2.05, 4.69) is 69.0 Å². The summed E-state index contributed by atoms with van der Waals surface area (Å²) in [6.45, 7) is 1.43. The second kappa shape index (κ2) is 9.31. The van der Waals surface area contributed by atoms with Gasteiger partial charge >= 0.3 is 6.03 Å². The molecule has 2 amide bonds. The van der Waals surface area contributed by atoms with Gasteiger partial charge in [0.05, 0.1) is 6.04 Å². The highest BCUT2D eigenvalue weighted by atomic mass is 35.5. The molecule has 3 aromatic carbocycles. The highest BCUT2D eigenvalue weighted by molar-refractivity contribution is 6.30. The average Bonchev–Trinajstić information content (AvgIpc) is 3.20. The molecule has 0 radical (unpaired) electrons. The van der Waals surface area contributed by atoms with Gasteiger partial charge < -0.3 is 20.4 Å². The van der Waals surface area contributed by atoms with Crippen molar-refractivity contribution in [1.82, 2.24) is 5.32 Å². The molecule has 0 fully saturated rings. The van der Waals surface area contributed by atoms with Crippen LogP contribution in [-0.4, -0.2) is 33.2 Å². The van der Waals surface area contributed by atoms with Gasteiger partial charge in [0.25, 0.3) is 0 Å². The van der Waals surface area contributed by atoms with Gasteiger partial charge in [-0.3, -0.25) is 0 Å². The third kappa shape index (κ3) is 4.94. The first-order valence-corrected chi connectivity index (χ1v) is 10.8.